The van der Waals surface area contributed by atoms with Crippen molar-refractivity contribution < 1.29 is 23.9 Å². The van der Waals surface area contributed by atoms with E-state index in [1.54, 1.807) is 23.1 Å². The van der Waals surface area contributed by atoms with E-state index in [1.165, 1.54) is 6.92 Å². The summed E-state index contributed by atoms with van der Waals surface area (Å²) in [5, 5.41) is 0. The molecular weight excluding hydrogens is 384 g/mol. The van der Waals surface area contributed by atoms with Crippen LogP contribution in [0.2, 0.25) is 0 Å². The number of amides is 3. The second kappa shape index (κ2) is 7.74. The van der Waals surface area contributed by atoms with Crippen molar-refractivity contribution in [1.82, 2.24) is 4.90 Å². The van der Waals surface area contributed by atoms with Gasteiger partial charge in [-0.2, -0.15) is 0 Å². The highest BCUT2D eigenvalue weighted by Gasteiger charge is 2.36. The van der Waals surface area contributed by atoms with Crippen molar-refractivity contribution in [1.29, 1.82) is 0 Å². The number of hydrogen-bond acceptors (Lipinski definition) is 5. The van der Waals surface area contributed by atoms with Gasteiger partial charge in [-0.25, -0.2) is 0 Å². The molecule has 0 fully saturated rings. The molecule has 0 saturated heterocycles. The Balaban J connectivity index is 1.34. The number of hydrogen-bond donors (Lipinski definition) is 0. The topological polar surface area (TPSA) is 84.0 Å². The summed E-state index contributed by atoms with van der Waals surface area (Å²) in [4.78, 5) is 52.6. The molecule has 0 radical (unpaired) electrons. The molecule has 0 aromatic heterocycles. The zero-order chi connectivity index (χ0) is 21.4. The summed E-state index contributed by atoms with van der Waals surface area (Å²) in [6, 6.07) is 12.7. The second-order valence-corrected chi connectivity index (χ2v) is 7.56. The highest BCUT2D eigenvalue weighted by atomic mass is 16.5. The molecule has 2 aromatic rings. The van der Waals surface area contributed by atoms with Gasteiger partial charge in [0.1, 0.15) is 0 Å². The van der Waals surface area contributed by atoms with E-state index < -0.39 is 23.9 Å². The van der Waals surface area contributed by atoms with Gasteiger partial charge in [-0.3, -0.25) is 24.1 Å². The fourth-order valence-corrected chi connectivity index (χ4v) is 3.90. The number of esters is 1. The molecule has 0 saturated carbocycles. The van der Waals surface area contributed by atoms with E-state index in [4.69, 9.17) is 4.74 Å². The maximum Gasteiger partial charge on any atom is 0.308 e. The minimum Gasteiger partial charge on any atom is -0.452 e. The first-order chi connectivity index (χ1) is 14.4. The van der Waals surface area contributed by atoms with Crippen LogP contribution in [-0.4, -0.2) is 47.8 Å². The lowest BCUT2D eigenvalue weighted by molar-refractivity contribution is -0.153. The Morgan fingerprint density at radius 3 is 2.60 bits per heavy atom. The first kappa shape index (κ1) is 19.8. The summed E-state index contributed by atoms with van der Waals surface area (Å²) in [7, 11) is 0. The van der Waals surface area contributed by atoms with Crippen LogP contribution in [0, 0.1) is 6.92 Å². The lowest BCUT2D eigenvalue weighted by atomic mass is 10.1. The molecular formula is C23H22N2O5. The van der Waals surface area contributed by atoms with Crippen molar-refractivity contribution in [3.8, 4) is 0 Å². The predicted octanol–water partition coefficient (Wildman–Crippen LogP) is 2.50. The maximum atomic E-state index is 12.7. The SMILES string of the molecule is Cc1ccc2c(c1)C(=O)N(CCC(=O)OC(C)C(=O)N1CCc3ccccc31)C2=O. The van der Waals surface area contributed by atoms with E-state index in [1.807, 2.05) is 31.2 Å². The molecule has 2 aliphatic rings. The fourth-order valence-electron chi connectivity index (χ4n) is 3.90. The summed E-state index contributed by atoms with van der Waals surface area (Å²) in [6.07, 6.45) is -0.353. The van der Waals surface area contributed by atoms with Gasteiger partial charge in [0.2, 0.25) is 0 Å². The highest BCUT2D eigenvalue weighted by Crippen LogP contribution is 2.28. The van der Waals surface area contributed by atoms with Crippen LogP contribution in [0.3, 0.4) is 0 Å². The third kappa shape index (κ3) is 3.47. The van der Waals surface area contributed by atoms with Gasteiger partial charge in [-0.1, -0.05) is 29.8 Å². The van der Waals surface area contributed by atoms with Gasteiger partial charge >= 0.3 is 5.97 Å². The second-order valence-electron chi connectivity index (χ2n) is 7.56. The van der Waals surface area contributed by atoms with Crippen LogP contribution in [0.1, 0.15) is 45.2 Å². The molecule has 7 heteroatoms. The first-order valence-electron chi connectivity index (χ1n) is 9.92. The Morgan fingerprint density at radius 2 is 1.80 bits per heavy atom. The van der Waals surface area contributed by atoms with Gasteiger partial charge in [0, 0.05) is 18.8 Å². The number of carbonyl (C=O) groups excluding carboxylic acids is 4. The van der Waals surface area contributed by atoms with E-state index in [0.29, 0.717) is 17.7 Å². The number of fused-ring (bicyclic) bond motifs is 2. The van der Waals surface area contributed by atoms with E-state index in [9.17, 15) is 19.2 Å². The summed E-state index contributed by atoms with van der Waals surface area (Å²) in [5.74, 6) is -1.74. The van der Waals surface area contributed by atoms with Crippen molar-refractivity contribution in [3.63, 3.8) is 0 Å². The summed E-state index contributed by atoms with van der Waals surface area (Å²) < 4.78 is 5.29. The fraction of sp³-hybridized carbons (Fsp3) is 0.304. The Morgan fingerprint density at radius 1 is 1.07 bits per heavy atom. The smallest absolute Gasteiger partial charge is 0.308 e. The molecule has 30 heavy (non-hydrogen) atoms. The number of benzene rings is 2. The lowest BCUT2D eigenvalue weighted by Crippen LogP contribution is -2.39. The average molecular weight is 406 g/mol. The van der Waals surface area contributed by atoms with Crippen molar-refractivity contribution in [2.75, 3.05) is 18.0 Å². The van der Waals surface area contributed by atoms with Crippen molar-refractivity contribution in [2.24, 2.45) is 0 Å². The number of aryl methyl sites for hydroxylation is 1. The molecule has 0 N–H and O–H groups in total. The van der Waals surface area contributed by atoms with E-state index in [2.05, 4.69) is 0 Å². The molecule has 1 unspecified atom stereocenters. The summed E-state index contributed by atoms with van der Waals surface area (Å²) >= 11 is 0. The molecule has 0 spiro atoms. The largest absolute Gasteiger partial charge is 0.452 e. The van der Waals surface area contributed by atoms with Crippen LogP contribution < -0.4 is 4.90 Å². The molecule has 4 rings (SSSR count). The number of carbonyl (C=O) groups is 4. The van der Waals surface area contributed by atoms with Crippen LogP contribution >= 0.6 is 0 Å². The number of anilines is 1. The van der Waals surface area contributed by atoms with E-state index >= 15 is 0 Å². The standard InChI is InChI=1S/C23H22N2O5/c1-14-7-8-17-18(13-14)23(29)25(22(17)28)12-10-20(26)30-15(2)21(27)24-11-9-16-5-3-4-6-19(16)24/h3-8,13,15H,9-12H2,1-2H3. The van der Waals surface area contributed by atoms with Crippen LogP contribution in [0.5, 0.6) is 0 Å². The Bertz CT molecular complexity index is 1060. The minimum atomic E-state index is -0.950. The van der Waals surface area contributed by atoms with Crippen molar-refractivity contribution in [3.05, 3.63) is 64.7 Å². The third-order valence-corrected chi connectivity index (χ3v) is 5.47. The van der Waals surface area contributed by atoms with Crippen LogP contribution in [-0.2, 0) is 20.7 Å². The molecule has 3 amide bonds. The zero-order valence-electron chi connectivity index (χ0n) is 16.9. The molecule has 2 aliphatic heterocycles. The average Bonchev–Trinajstić information content (AvgIpc) is 3.25. The predicted molar refractivity (Wildman–Crippen MR) is 109 cm³/mol. The van der Waals surface area contributed by atoms with Gasteiger partial charge < -0.3 is 9.64 Å². The van der Waals surface area contributed by atoms with Gasteiger partial charge in [-0.15, -0.1) is 0 Å². The molecule has 7 nitrogen and oxygen atoms in total. The van der Waals surface area contributed by atoms with Crippen LogP contribution in [0.15, 0.2) is 42.5 Å². The van der Waals surface area contributed by atoms with Crippen LogP contribution in [0.4, 0.5) is 5.69 Å². The number of para-hydroxylation sites is 1. The summed E-state index contributed by atoms with van der Waals surface area (Å²) in [6.45, 7) is 3.84. The zero-order valence-corrected chi connectivity index (χ0v) is 16.9. The molecule has 0 bridgehead atoms. The van der Waals surface area contributed by atoms with Gasteiger partial charge in [0.05, 0.1) is 17.5 Å². The number of ether oxygens (including phenoxy) is 1. The number of imide groups is 1. The lowest BCUT2D eigenvalue weighted by Gasteiger charge is -2.22. The van der Waals surface area contributed by atoms with Crippen molar-refractivity contribution in [2.45, 2.75) is 32.8 Å². The van der Waals surface area contributed by atoms with Gasteiger partial charge in [0.15, 0.2) is 6.10 Å². The van der Waals surface area contributed by atoms with Gasteiger partial charge in [0.25, 0.3) is 17.7 Å². The molecule has 2 heterocycles. The van der Waals surface area contributed by atoms with Crippen LogP contribution in [0.25, 0.3) is 0 Å². The monoisotopic (exact) mass is 406 g/mol. The highest BCUT2D eigenvalue weighted by molar-refractivity contribution is 6.21. The van der Waals surface area contributed by atoms with Gasteiger partial charge in [-0.05, 0) is 44.0 Å². The first-order valence-corrected chi connectivity index (χ1v) is 9.92. The van der Waals surface area contributed by atoms with Crippen molar-refractivity contribution >= 4 is 29.4 Å². The van der Waals surface area contributed by atoms with E-state index in [0.717, 1.165) is 28.1 Å². The normalized spacial score (nSPS) is 15.8. The molecule has 154 valence electrons. The molecule has 2 aromatic carbocycles. The third-order valence-electron chi connectivity index (χ3n) is 5.47. The quantitative estimate of drug-likeness (QED) is 0.563. The number of nitrogens with zero attached hydrogens (tertiary/aromatic N) is 2. The molecule has 1 atom stereocenters. The Kier molecular flexibility index (Phi) is 5.11. The minimum absolute atomic E-state index is 0.0856. The van der Waals surface area contributed by atoms with E-state index in [-0.39, 0.29) is 18.9 Å². The maximum absolute atomic E-state index is 12.7. The Labute approximate surface area is 174 Å². The summed E-state index contributed by atoms with van der Waals surface area (Å²) in [5.41, 5.74) is 3.50. The molecule has 0 aliphatic carbocycles. The Hall–Kier alpha value is -3.48. The number of rotatable bonds is 5.